The third kappa shape index (κ3) is 26.9. The summed E-state index contributed by atoms with van der Waals surface area (Å²) in [7, 11) is 3.38. The van der Waals surface area contributed by atoms with Crippen molar-refractivity contribution in [2.75, 3.05) is 20.0 Å². The van der Waals surface area contributed by atoms with Gasteiger partial charge in [0.05, 0.1) is 0 Å². The second kappa shape index (κ2) is 8.23. The Morgan fingerprint density at radius 2 is 1.90 bits per heavy atom. The van der Waals surface area contributed by atoms with Crippen LogP contribution in [0.1, 0.15) is 0 Å². The fourth-order valence-electron chi connectivity index (χ4n) is 0. The van der Waals surface area contributed by atoms with Gasteiger partial charge in [0.1, 0.15) is 5.88 Å². The fourth-order valence-corrected chi connectivity index (χ4v) is 0. The molecular formula is C5H10ClNO3. The first-order valence-corrected chi connectivity index (χ1v) is 2.97. The molecule has 0 aromatic rings. The number of alkyl halides is 1. The molecule has 0 atom stereocenters. The lowest BCUT2D eigenvalue weighted by Gasteiger charge is -1.93. The van der Waals surface area contributed by atoms with Gasteiger partial charge in [0, 0.05) is 14.1 Å². The van der Waals surface area contributed by atoms with Crippen LogP contribution in [0.25, 0.3) is 0 Å². The highest BCUT2D eigenvalue weighted by atomic mass is 35.5. The lowest BCUT2D eigenvalue weighted by molar-refractivity contribution is -0.134. The van der Waals surface area contributed by atoms with E-state index in [0.29, 0.717) is 0 Å². The highest BCUT2D eigenvalue weighted by Crippen LogP contribution is 1.67. The van der Waals surface area contributed by atoms with Crippen molar-refractivity contribution in [3.05, 3.63) is 0 Å². The van der Waals surface area contributed by atoms with Crippen LogP contribution in [0.2, 0.25) is 0 Å². The number of hydrogen-bond donors (Lipinski definition) is 1. The van der Waals surface area contributed by atoms with Gasteiger partial charge in [-0.1, -0.05) is 0 Å². The van der Waals surface area contributed by atoms with Crippen molar-refractivity contribution in [1.82, 2.24) is 4.90 Å². The Morgan fingerprint density at radius 1 is 1.70 bits per heavy atom. The molecule has 4 nitrogen and oxygen atoms in total. The van der Waals surface area contributed by atoms with Crippen LogP contribution in [0.15, 0.2) is 0 Å². The fraction of sp³-hybridized carbons (Fsp3) is 0.600. The molecule has 0 aromatic carbocycles. The number of carboxylic acids is 1. The molecule has 0 unspecified atom stereocenters. The van der Waals surface area contributed by atoms with Crippen molar-refractivity contribution in [1.29, 1.82) is 0 Å². The lowest BCUT2D eigenvalue weighted by atomic mass is 10.8. The minimum Gasteiger partial charge on any atom is -0.480 e. The second-order valence-electron chi connectivity index (χ2n) is 1.60. The summed E-state index contributed by atoms with van der Waals surface area (Å²) in [6.07, 6.45) is 0.750. The molecule has 0 aliphatic carbocycles. The maximum atomic E-state index is 9.43. The van der Waals surface area contributed by atoms with Gasteiger partial charge in [-0.15, -0.1) is 11.6 Å². The van der Waals surface area contributed by atoms with Gasteiger partial charge < -0.3 is 10.0 Å². The number of amides is 1. The predicted molar refractivity (Wildman–Crippen MR) is 38.1 cm³/mol. The molecule has 0 aromatic heterocycles. The minimum atomic E-state index is -0.980. The van der Waals surface area contributed by atoms with E-state index in [1.54, 1.807) is 14.1 Å². The van der Waals surface area contributed by atoms with Crippen LogP contribution in [0.5, 0.6) is 0 Å². The van der Waals surface area contributed by atoms with E-state index < -0.39 is 5.97 Å². The van der Waals surface area contributed by atoms with Gasteiger partial charge in [-0.25, -0.2) is 0 Å². The average molecular weight is 168 g/mol. The van der Waals surface area contributed by atoms with Gasteiger partial charge in [0.25, 0.3) is 0 Å². The molecule has 0 aliphatic rings. The molecule has 0 saturated carbocycles. The van der Waals surface area contributed by atoms with Gasteiger partial charge in [0.15, 0.2) is 0 Å². The van der Waals surface area contributed by atoms with Crippen LogP contribution in [0, 0.1) is 0 Å². The van der Waals surface area contributed by atoms with E-state index in [2.05, 4.69) is 0 Å². The van der Waals surface area contributed by atoms with E-state index in [9.17, 15) is 9.59 Å². The Labute approximate surface area is 64.4 Å². The summed E-state index contributed by atoms with van der Waals surface area (Å²) in [5, 5.41) is 7.59. The highest BCUT2D eigenvalue weighted by molar-refractivity contribution is 6.26. The van der Waals surface area contributed by atoms with E-state index in [-0.39, 0.29) is 5.88 Å². The van der Waals surface area contributed by atoms with Gasteiger partial charge in [-0.3, -0.25) is 9.59 Å². The number of aliphatic carboxylic acids is 1. The molecule has 0 rings (SSSR count). The minimum absolute atomic E-state index is 0.306. The number of carboxylic acid groups (broad SMARTS) is 1. The number of carbonyl (C=O) groups is 2. The Kier molecular flexibility index (Phi) is 9.84. The van der Waals surface area contributed by atoms with E-state index in [1.807, 2.05) is 0 Å². The number of carbonyl (C=O) groups excluding carboxylic acids is 1. The Hall–Kier alpha value is -0.770. The number of nitrogens with zero attached hydrogens (tertiary/aromatic N) is 1. The standard InChI is InChI=1S/C3H7NO.C2H3ClO2/c1-4(2)3-5;3-1-2(4)5/h3H,1-2H3;1H2,(H,4,5). The van der Waals surface area contributed by atoms with Crippen molar-refractivity contribution in [2.45, 2.75) is 0 Å². The van der Waals surface area contributed by atoms with Crippen LogP contribution in [0.3, 0.4) is 0 Å². The highest BCUT2D eigenvalue weighted by Gasteiger charge is 1.83. The maximum Gasteiger partial charge on any atom is 0.318 e. The molecule has 60 valence electrons. The molecule has 10 heavy (non-hydrogen) atoms. The number of rotatable bonds is 2. The van der Waals surface area contributed by atoms with Gasteiger partial charge in [-0.2, -0.15) is 0 Å². The van der Waals surface area contributed by atoms with Crippen LogP contribution < -0.4 is 0 Å². The van der Waals surface area contributed by atoms with Gasteiger partial charge in [-0.05, 0) is 0 Å². The first kappa shape index (κ1) is 12.0. The van der Waals surface area contributed by atoms with Crippen LogP contribution in [0.4, 0.5) is 0 Å². The summed E-state index contributed by atoms with van der Waals surface area (Å²) in [5.41, 5.74) is 0. The molecule has 1 N–H and O–H groups in total. The van der Waals surface area contributed by atoms with Crippen LogP contribution in [-0.4, -0.2) is 42.4 Å². The van der Waals surface area contributed by atoms with Crippen molar-refractivity contribution in [3.63, 3.8) is 0 Å². The first-order chi connectivity index (χ1) is 4.54. The van der Waals surface area contributed by atoms with E-state index in [0.717, 1.165) is 6.41 Å². The number of hydrogen-bond acceptors (Lipinski definition) is 2. The van der Waals surface area contributed by atoms with E-state index >= 15 is 0 Å². The molecule has 0 spiro atoms. The quantitative estimate of drug-likeness (QED) is 0.466. The Morgan fingerprint density at radius 3 is 1.90 bits per heavy atom. The van der Waals surface area contributed by atoms with Crippen molar-refractivity contribution in [3.8, 4) is 0 Å². The summed E-state index contributed by atoms with van der Waals surface area (Å²) >= 11 is 4.74. The monoisotopic (exact) mass is 167 g/mol. The van der Waals surface area contributed by atoms with Gasteiger partial charge in [0.2, 0.25) is 6.41 Å². The molecule has 1 amide bonds. The lowest BCUT2D eigenvalue weighted by Crippen LogP contribution is -2.06. The van der Waals surface area contributed by atoms with Gasteiger partial charge >= 0.3 is 5.97 Å². The molecule has 5 heteroatoms. The van der Waals surface area contributed by atoms with E-state index in [4.69, 9.17) is 16.7 Å². The zero-order valence-electron chi connectivity index (χ0n) is 5.87. The molecule has 0 heterocycles. The second-order valence-corrected chi connectivity index (χ2v) is 1.86. The molecular weight excluding hydrogens is 158 g/mol. The molecule has 0 bridgehead atoms. The summed E-state index contributed by atoms with van der Waals surface area (Å²) < 4.78 is 0. The zero-order valence-corrected chi connectivity index (χ0v) is 6.63. The van der Waals surface area contributed by atoms with Crippen molar-refractivity contribution < 1.29 is 14.7 Å². The van der Waals surface area contributed by atoms with Crippen LogP contribution >= 0.6 is 11.6 Å². The molecule has 0 aliphatic heterocycles. The Balaban J connectivity index is 0. The van der Waals surface area contributed by atoms with E-state index in [1.165, 1.54) is 4.90 Å². The van der Waals surface area contributed by atoms with Crippen molar-refractivity contribution >= 4 is 24.0 Å². The number of halogens is 1. The normalized spacial score (nSPS) is 7.10. The SMILES string of the molecule is CN(C)C=O.O=C(O)CCl. The maximum absolute atomic E-state index is 9.43. The smallest absolute Gasteiger partial charge is 0.318 e. The summed E-state index contributed by atoms with van der Waals surface area (Å²) in [6, 6.07) is 0. The van der Waals surface area contributed by atoms with Crippen LogP contribution in [-0.2, 0) is 9.59 Å². The first-order valence-electron chi connectivity index (χ1n) is 2.44. The average Bonchev–Trinajstić information content (AvgIpc) is 1.89. The van der Waals surface area contributed by atoms with Crippen molar-refractivity contribution in [2.24, 2.45) is 0 Å². The third-order valence-electron chi connectivity index (χ3n) is 0.325. The predicted octanol–water partition coefficient (Wildman–Crippen LogP) is 0.0142. The zero-order chi connectivity index (χ0) is 8.57. The summed E-state index contributed by atoms with van der Waals surface area (Å²) in [4.78, 5) is 20.1. The molecule has 0 fully saturated rings. The summed E-state index contributed by atoms with van der Waals surface area (Å²) in [6.45, 7) is 0. The Bertz CT molecular complexity index is 105. The molecule has 0 radical (unpaired) electrons. The topological polar surface area (TPSA) is 57.6 Å². The summed E-state index contributed by atoms with van der Waals surface area (Å²) in [5.74, 6) is -1.29. The molecule has 0 saturated heterocycles. The third-order valence-corrected chi connectivity index (χ3v) is 0.554. The largest absolute Gasteiger partial charge is 0.480 e.